The van der Waals surface area contributed by atoms with E-state index in [-0.39, 0.29) is 0 Å². The average molecular weight is 288 g/mol. The van der Waals surface area contributed by atoms with Crippen LogP contribution in [0.5, 0.6) is 6.01 Å². The summed E-state index contributed by atoms with van der Waals surface area (Å²) in [4.78, 5) is 14.9. The number of piperidine rings is 1. The minimum Gasteiger partial charge on any atom is -0.463 e. The molecule has 0 spiro atoms. The van der Waals surface area contributed by atoms with E-state index in [0.29, 0.717) is 18.5 Å². The van der Waals surface area contributed by atoms with E-state index in [4.69, 9.17) is 4.74 Å². The van der Waals surface area contributed by atoms with Crippen LogP contribution in [0.2, 0.25) is 0 Å². The van der Waals surface area contributed by atoms with Crippen LogP contribution >= 0.6 is 0 Å². The molecule has 0 bridgehead atoms. The molecule has 0 N–H and O–H groups in total. The Hall–Kier alpha value is -2.02. The Bertz CT molecular complexity index is 558. The first-order valence-electron chi connectivity index (χ1n) is 7.26. The fraction of sp³-hybridized carbons (Fsp3) is 0.571. The molecule has 0 aromatic carbocycles. The highest BCUT2D eigenvalue weighted by molar-refractivity contribution is 4.93. The average Bonchev–Trinajstić information content (AvgIpc) is 2.92. The Labute approximate surface area is 124 Å². The molecule has 2 aromatic heterocycles. The second-order valence-corrected chi connectivity index (χ2v) is 5.39. The van der Waals surface area contributed by atoms with Gasteiger partial charge in [-0.2, -0.15) is 5.10 Å². The molecule has 21 heavy (non-hydrogen) atoms. The standard InChI is InChI=1S/C14H20N6O/c1-19-13(17-11-18-19)9-20-7-2-4-12(8-20)10-21-14-15-5-3-6-16-14/h3,5-6,11-12H,2,4,7-10H2,1H3. The molecule has 0 radical (unpaired) electrons. The van der Waals surface area contributed by atoms with Gasteiger partial charge in [0.2, 0.25) is 0 Å². The lowest BCUT2D eigenvalue weighted by atomic mass is 9.99. The largest absolute Gasteiger partial charge is 0.463 e. The summed E-state index contributed by atoms with van der Waals surface area (Å²) < 4.78 is 7.50. The van der Waals surface area contributed by atoms with Gasteiger partial charge in [0.25, 0.3) is 0 Å². The van der Waals surface area contributed by atoms with Gasteiger partial charge in [0.05, 0.1) is 13.2 Å². The van der Waals surface area contributed by atoms with Gasteiger partial charge >= 0.3 is 6.01 Å². The van der Waals surface area contributed by atoms with Gasteiger partial charge in [-0.3, -0.25) is 9.58 Å². The Morgan fingerprint density at radius 2 is 2.14 bits per heavy atom. The number of nitrogens with zero attached hydrogens (tertiary/aromatic N) is 6. The lowest BCUT2D eigenvalue weighted by Crippen LogP contribution is -2.37. The zero-order valence-corrected chi connectivity index (χ0v) is 12.2. The molecule has 1 aliphatic rings. The summed E-state index contributed by atoms with van der Waals surface area (Å²) in [6.45, 7) is 3.62. The van der Waals surface area contributed by atoms with Crippen molar-refractivity contribution in [3.8, 4) is 6.01 Å². The van der Waals surface area contributed by atoms with E-state index in [1.165, 1.54) is 12.8 Å². The zero-order chi connectivity index (χ0) is 14.5. The molecule has 3 heterocycles. The Morgan fingerprint density at radius 3 is 2.90 bits per heavy atom. The molecule has 1 atom stereocenters. The molecule has 0 amide bonds. The molecule has 2 aromatic rings. The summed E-state index contributed by atoms with van der Waals surface area (Å²) in [7, 11) is 1.93. The van der Waals surface area contributed by atoms with Crippen LogP contribution in [0.15, 0.2) is 24.8 Å². The van der Waals surface area contributed by atoms with E-state index >= 15 is 0 Å². The fourth-order valence-corrected chi connectivity index (χ4v) is 2.65. The minimum absolute atomic E-state index is 0.461. The van der Waals surface area contributed by atoms with Gasteiger partial charge in [0, 0.05) is 31.9 Å². The molecule has 7 nitrogen and oxygen atoms in total. The maximum absolute atomic E-state index is 5.67. The van der Waals surface area contributed by atoms with Crippen LogP contribution in [-0.4, -0.2) is 49.3 Å². The van der Waals surface area contributed by atoms with E-state index in [9.17, 15) is 0 Å². The maximum atomic E-state index is 5.67. The SMILES string of the molecule is Cn1ncnc1CN1CCCC(COc2ncccn2)C1. The molecule has 1 unspecified atom stereocenters. The molecular weight excluding hydrogens is 268 g/mol. The highest BCUT2D eigenvalue weighted by Gasteiger charge is 2.21. The van der Waals surface area contributed by atoms with Crippen LogP contribution in [-0.2, 0) is 13.6 Å². The van der Waals surface area contributed by atoms with Crippen LogP contribution in [0.1, 0.15) is 18.7 Å². The molecule has 1 saturated heterocycles. The van der Waals surface area contributed by atoms with Crippen molar-refractivity contribution in [2.45, 2.75) is 19.4 Å². The topological polar surface area (TPSA) is 69.0 Å². The van der Waals surface area contributed by atoms with Gasteiger partial charge in [-0.1, -0.05) is 0 Å². The van der Waals surface area contributed by atoms with Crippen LogP contribution < -0.4 is 4.74 Å². The van der Waals surface area contributed by atoms with E-state index in [0.717, 1.165) is 25.5 Å². The van der Waals surface area contributed by atoms with Crippen molar-refractivity contribution in [1.29, 1.82) is 0 Å². The first-order chi connectivity index (χ1) is 10.3. The predicted molar refractivity (Wildman–Crippen MR) is 76.5 cm³/mol. The van der Waals surface area contributed by atoms with E-state index in [1.54, 1.807) is 24.8 Å². The second-order valence-electron chi connectivity index (χ2n) is 5.39. The number of likely N-dealkylation sites (tertiary alicyclic amines) is 1. The van der Waals surface area contributed by atoms with Gasteiger partial charge in [0.15, 0.2) is 0 Å². The third-order valence-corrected chi connectivity index (χ3v) is 3.76. The molecule has 0 aliphatic carbocycles. The summed E-state index contributed by atoms with van der Waals surface area (Å²) in [5, 5.41) is 4.11. The Kier molecular flexibility index (Phi) is 4.40. The number of rotatable bonds is 5. The van der Waals surface area contributed by atoms with Crippen LogP contribution in [0.25, 0.3) is 0 Å². The molecule has 1 fully saturated rings. The van der Waals surface area contributed by atoms with E-state index in [1.807, 2.05) is 11.7 Å². The van der Waals surface area contributed by atoms with Crippen molar-refractivity contribution in [2.75, 3.05) is 19.7 Å². The third kappa shape index (κ3) is 3.75. The fourth-order valence-electron chi connectivity index (χ4n) is 2.65. The molecule has 0 saturated carbocycles. The molecular formula is C14H20N6O. The van der Waals surface area contributed by atoms with Gasteiger partial charge < -0.3 is 4.74 Å². The Balaban J connectivity index is 1.50. The quantitative estimate of drug-likeness (QED) is 0.814. The van der Waals surface area contributed by atoms with Crippen molar-refractivity contribution in [1.82, 2.24) is 29.6 Å². The first-order valence-corrected chi connectivity index (χ1v) is 7.26. The Morgan fingerprint density at radius 1 is 1.29 bits per heavy atom. The number of aromatic nitrogens is 5. The zero-order valence-electron chi connectivity index (χ0n) is 12.2. The summed E-state index contributed by atoms with van der Waals surface area (Å²) in [5.41, 5.74) is 0. The number of aryl methyl sites for hydroxylation is 1. The second kappa shape index (κ2) is 6.62. The normalized spacial score (nSPS) is 19.6. The molecule has 1 aliphatic heterocycles. The van der Waals surface area contributed by atoms with Gasteiger partial charge in [-0.15, -0.1) is 0 Å². The summed E-state index contributed by atoms with van der Waals surface area (Å²) in [5.74, 6) is 1.51. The van der Waals surface area contributed by atoms with Crippen molar-refractivity contribution >= 4 is 0 Å². The summed E-state index contributed by atoms with van der Waals surface area (Å²) in [6.07, 6.45) is 7.36. The van der Waals surface area contributed by atoms with Crippen molar-refractivity contribution < 1.29 is 4.74 Å². The first kappa shape index (κ1) is 13.9. The van der Waals surface area contributed by atoms with Gasteiger partial charge in [-0.05, 0) is 25.5 Å². The van der Waals surface area contributed by atoms with Crippen molar-refractivity contribution in [3.63, 3.8) is 0 Å². The monoisotopic (exact) mass is 288 g/mol. The van der Waals surface area contributed by atoms with Crippen molar-refractivity contribution in [3.05, 3.63) is 30.6 Å². The van der Waals surface area contributed by atoms with Gasteiger partial charge in [0.1, 0.15) is 12.2 Å². The van der Waals surface area contributed by atoms with Crippen LogP contribution in [0.4, 0.5) is 0 Å². The minimum atomic E-state index is 0.461. The molecule has 3 rings (SSSR count). The number of ether oxygens (including phenoxy) is 1. The third-order valence-electron chi connectivity index (χ3n) is 3.76. The number of hydrogen-bond donors (Lipinski definition) is 0. The lowest BCUT2D eigenvalue weighted by molar-refractivity contribution is 0.118. The van der Waals surface area contributed by atoms with Gasteiger partial charge in [-0.25, -0.2) is 15.0 Å². The highest BCUT2D eigenvalue weighted by Crippen LogP contribution is 2.18. The van der Waals surface area contributed by atoms with Crippen molar-refractivity contribution in [2.24, 2.45) is 13.0 Å². The predicted octanol–water partition coefficient (Wildman–Crippen LogP) is 0.896. The van der Waals surface area contributed by atoms with E-state index < -0.39 is 0 Å². The van der Waals surface area contributed by atoms with Crippen LogP contribution in [0.3, 0.4) is 0 Å². The molecule has 7 heteroatoms. The molecule has 112 valence electrons. The summed E-state index contributed by atoms with van der Waals surface area (Å²) in [6, 6.07) is 2.25. The maximum Gasteiger partial charge on any atom is 0.316 e. The van der Waals surface area contributed by atoms with E-state index in [2.05, 4.69) is 25.0 Å². The highest BCUT2D eigenvalue weighted by atomic mass is 16.5. The smallest absolute Gasteiger partial charge is 0.316 e. The number of hydrogen-bond acceptors (Lipinski definition) is 6. The summed E-state index contributed by atoms with van der Waals surface area (Å²) >= 11 is 0. The lowest BCUT2D eigenvalue weighted by Gasteiger charge is -2.31. The van der Waals surface area contributed by atoms with Crippen LogP contribution in [0, 0.1) is 5.92 Å².